The summed E-state index contributed by atoms with van der Waals surface area (Å²) in [6, 6.07) is 15.8. The lowest BCUT2D eigenvalue weighted by Gasteiger charge is -2.32. The van der Waals surface area contributed by atoms with Crippen LogP contribution in [-0.2, 0) is 38.0 Å². The number of fused-ring (bicyclic) bond motifs is 8. The van der Waals surface area contributed by atoms with Gasteiger partial charge in [0.25, 0.3) is 0 Å². The van der Waals surface area contributed by atoms with Crippen LogP contribution in [0.2, 0.25) is 0 Å². The van der Waals surface area contributed by atoms with Crippen molar-refractivity contribution in [2.75, 3.05) is 25.4 Å². The monoisotopic (exact) mass is 899 g/mol. The zero-order valence-electron chi connectivity index (χ0n) is 36.9. The summed E-state index contributed by atoms with van der Waals surface area (Å²) in [5.74, 6) is 6.00. The number of benzene rings is 2. The summed E-state index contributed by atoms with van der Waals surface area (Å²) in [6.07, 6.45) is 15.4. The second-order valence-corrected chi connectivity index (χ2v) is 21.3. The first-order chi connectivity index (χ1) is 30.6. The summed E-state index contributed by atoms with van der Waals surface area (Å²) in [4.78, 5) is 3.54. The van der Waals surface area contributed by atoms with Crippen LogP contribution in [0, 0.1) is 23.7 Å². The van der Waals surface area contributed by atoms with Gasteiger partial charge in [-0.25, -0.2) is 0 Å². The Bertz CT molecular complexity index is 2130. The fraction of sp³-hybridized carbons (Fsp3) is 0.569. The van der Waals surface area contributed by atoms with Crippen LogP contribution in [0.25, 0.3) is 6.08 Å². The van der Waals surface area contributed by atoms with Crippen molar-refractivity contribution >= 4 is 27.7 Å². The van der Waals surface area contributed by atoms with Crippen molar-refractivity contribution in [3.8, 4) is 11.5 Å². The number of furan rings is 1. The molecule has 0 amide bonds. The van der Waals surface area contributed by atoms with Gasteiger partial charge in [0.2, 0.25) is 0 Å². The fourth-order valence-corrected chi connectivity index (χ4v) is 13.4. The van der Waals surface area contributed by atoms with E-state index in [1.807, 2.05) is 39.8 Å². The largest absolute Gasteiger partial charge is 0.504 e. The van der Waals surface area contributed by atoms with Gasteiger partial charge in [-0.3, -0.25) is 0 Å². The average molecular weight is 900 g/mol. The molecule has 9 N–H and O–H groups in total. The minimum atomic E-state index is -0.887. The maximum atomic E-state index is 11.3. The third-order valence-corrected chi connectivity index (χ3v) is 16.8. The summed E-state index contributed by atoms with van der Waals surface area (Å²) >= 11 is 0. The summed E-state index contributed by atoms with van der Waals surface area (Å²) in [5, 5.41) is 56.8. The molecule has 0 unspecified atom stereocenters. The zero-order valence-corrected chi connectivity index (χ0v) is 38.5. The molecule has 10 nitrogen and oxygen atoms in total. The highest BCUT2D eigenvalue weighted by Gasteiger charge is 2.38. The first-order valence-electron chi connectivity index (χ1n) is 23.6. The van der Waals surface area contributed by atoms with Crippen LogP contribution in [0.3, 0.4) is 0 Å². The molecule has 2 aromatic carbocycles. The van der Waals surface area contributed by atoms with Crippen LogP contribution in [0.5, 0.6) is 11.5 Å². The van der Waals surface area contributed by atoms with Crippen molar-refractivity contribution in [3.05, 3.63) is 111 Å². The SMILES string of the molecule is C[C@H](O)CNC[C@@H]1c2cc([C@@H](O)COc3cc(CCc4cc(CO)c(CCCCC[C@@H]5CSSCc6cccc7c6C=C[C@@H](C[C@H]5N)[C@@H]7O)o4)ccc3O)[nH]c2CC[C@H]2CCC[C@@H]21. The van der Waals surface area contributed by atoms with E-state index in [0.29, 0.717) is 42.9 Å². The number of phenolic OH excluding ortho intramolecular Hbond substituents is 1. The summed E-state index contributed by atoms with van der Waals surface area (Å²) in [6.45, 7) is 3.11. The highest BCUT2D eigenvalue weighted by molar-refractivity contribution is 8.76. The fourth-order valence-electron chi connectivity index (χ4n) is 10.9. The number of aliphatic hydroxyl groups excluding tert-OH is 4. The lowest BCUT2D eigenvalue weighted by atomic mass is 9.79. The maximum Gasteiger partial charge on any atom is 0.161 e. The Labute approximate surface area is 381 Å². The molecule has 2 aromatic heterocycles. The first kappa shape index (κ1) is 46.3. The predicted octanol–water partition coefficient (Wildman–Crippen LogP) is 8.83. The van der Waals surface area contributed by atoms with Crippen LogP contribution in [0.1, 0.15) is 139 Å². The molecule has 1 saturated carbocycles. The molecule has 9 atom stereocenters. The van der Waals surface area contributed by atoms with E-state index in [4.69, 9.17) is 14.9 Å². The number of aryl methyl sites for hydroxylation is 4. The minimum Gasteiger partial charge on any atom is -0.504 e. The molecule has 12 heteroatoms. The van der Waals surface area contributed by atoms with E-state index >= 15 is 0 Å². The van der Waals surface area contributed by atoms with Gasteiger partial charge >= 0.3 is 0 Å². The molecular weight excluding hydrogens is 831 g/mol. The number of rotatable bonds is 18. The van der Waals surface area contributed by atoms with Crippen LogP contribution in [-0.4, -0.2) is 68.1 Å². The first-order valence-corrected chi connectivity index (χ1v) is 26.1. The summed E-state index contributed by atoms with van der Waals surface area (Å²) < 4.78 is 12.4. The highest BCUT2D eigenvalue weighted by Crippen LogP contribution is 2.48. The van der Waals surface area contributed by atoms with Crippen molar-refractivity contribution < 1.29 is 34.7 Å². The Morgan fingerprint density at radius 2 is 1.89 bits per heavy atom. The highest BCUT2D eigenvalue weighted by atomic mass is 33.1. The molecule has 63 heavy (non-hydrogen) atoms. The Balaban J connectivity index is 0.805. The number of aromatic hydroxyl groups is 1. The number of phenols is 1. The van der Waals surface area contributed by atoms with Crippen molar-refractivity contribution in [1.29, 1.82) is 0 Å². The molecule has 9 rings (SSSR count). The number of aliphatic hydroxyl groups is 4. The van der Waals surface area contributed by atoms with Gasteiger partial charge in [-0.2, -0.15) is 0 Å². The lowest BCUT2D eigenvalue weighted by molar-refractivity contribution is 0.103. The number of ether oxygens (including phenoxy) is 1. The Morgan fingerprint density at radius 1 is 1.00 bits per heavy atom. The Hall–Kier alpha value is -3.20. The third kappa shape index (κ3) is 11.4. The molecule has 5 aliphatic rings. The van der Waals surface area contributed by atoms with E-state index in [1.165, 1.54) is 41.6 Å². The lowest BCUT2D eigenvalue weighted by Crippen LogP contribution is -2.35. The van der Waals surface area contributed by atoms with Gasteiger partial charge in [0.1, 0.15) is 24.2 Å². The van der Waals surface area contributed by atoms with Gasteiger partial charge in [-0.05, 0) is 122 Å². The number of hydrogen-bond acceptors (Lipinski definition) is 11. The maximum absolute atomic E-state index is 11.3. The van der Waals surface area contributed by atoms with Crippen LogP contribution >= 0.6 is 21.6 Å². The number of hydrogen-bond donors (Lipinski definition) is 8. The van der Waals surface area contributed by atoms with Gasteiger partial charge in [0.15, 0.2) is 11.5 Å². The van der Waals surface area contributed by atoms with E-state index in [0.717, 1.165) is 109 Å². The molecule has 4 aromatic rings. The van der Waals surface area contributed by atoms with Crippen LogP contribution < -0.4 is 15.8 Å². The van der Waals surface area contributed by atoms with Gasteiger partial charge in [0, 0.05) is 72.3 Å². The number of unbranched alkanes of at least 4 members (excludes halogenated alkanes) is 2. The van der Waals surface area contributed by atoms with Gasteiger partial charge in [0.05, 0.1) is 18.8 Å². The molecule has 0 spiro atoms. The normalized spacial score (nSPS) is 25.5. The van der Waals surface area contributed by atoms with Gasteiger partial charge in [-0.1, -0.05) is 83.7 Å². The summed E-state index contributed by atoms with van der Waals surface area (Å²) in [5.41, 5.74) is 15.4. The smallest absolute Gasteiger partial charge is 0.161 e. The van der Waals surface area contributed by atoms with E-state index in [2.05, 4.69) is 46.7 Å². The van der Waals surface area contributed by atoms with Crippen LogP contribution in [0.15, 0.2) is 59.0 Å². The third-order valence-electron chi connectivity index (χ3n) is 14.4. The minimum absolute atomic E-state index is 0.00163. The number of nitrogens with two attached hydrogens (primary N) is 1. The molecule has 1 fully saturated rings. The molecule has 3 aliphatic carbocycles. The van der Waals surface area contributed by atoms with E-state index in [-0.39, 0.29) is 30.9 Å². The molecule has 2 aliphatic heterocycles. The van der Waals surface area contributed by atoms with Crippen molar-refractivity contribution in [2.45, 2.75) is 133 Å². The Morgan fingerprint density at radius 3 is 2.75 bits per heavy atom. The van der Waals surface area contributed by atoms with Crippen molar-refractivity contribution in [2.24, 2.45) is 29.4 Å². The topological polar surface area (TPSA) is 177 Å². The number of aromatic amines is 1. The van der Waals surface area contributed by atoms with Gasteiger partial charge in [-0.15, -0.1) is 0 Å². The van der Waals surface area contributed by atoms with Crippen molar-refractivity contribution in [3.63, 3.8) is 0 Å². The zero-order chi connectivity index (χ0) is 43.9. The second-order valence-electron chi connectivity index (χ2n) is 18.8. The molecule has 4 heterocycles. The van der Waals surface area contributed by atoms with Crippen LogP contribution in [0.4, 0.5) is 0 Å². The average Bonchev–Trinajstić information content (AvgIpc) is 4.02. The molecule has 0 saturated heterocycles. The molecule has 0 radical (unpaired) electrons. The van der Waals surface area contributed by atoms with E-state index < -0.39 is 18.3 Å². The molecular formula is C51H69N3O7S2. The number of nitrogens with one attached hydrogen (secondary N) is 2. The summed E-state index contributed by atoms with van der Waals surface area (Å²) in [7, 11) is 3.80. The Kier molecular flexibility index (Phi) is 16.1. The van der Waals surface area contributed by atoms with E-state index in [9.17, 15) is 25.5 Å². The number of H-pyrrole nitrogens is 1. The van der Waals surface area contributed by atoms with Gasteiger partial charge < -0.3 is 50.7 Å². The molecule has 4 bridgehead atoms. The van der Waals surface area contributed by atoms with E-state index in [1.54, 1.807) is 13.0 Å². The number of aromatic nitrogens is 1. The van der Waals surface area contributed by atoms with Crippen molar-refractivity contribution in [1.82, 2.24) is 10.3 Å². The molecule has 342 valence electrons. The predicted molar refractivity (Wildman–Crippen MR) is 254 cm³/mol. The standard InChI is InChI=1S/C51H69N3O7S2/c1-31(56)25-53-26-43-39-10-5-8-33(39)16-19-45-42(43)24-46(54-45)48(58)28-60-50-21-32(14-20-47(50)57)13-17-38-22-37(27-55)49(61-38)12-4-2-3-7-36-30-63-62-29-35-9-6-11-41-40(35)18-15-34(51(41)59)23-44(36)52/h6,9,11,14-15,18,20-22,24,31,33-34,36,39,43-44,48,51,53-59H,2-5,7-8,10,12-13,16-17,19,23,25-30,52H2,1H3/t31-,33+,34-,36+,39-,43-,44+,48-,51-/m0/s1. The quantitative estimate of drug-likeness (QED) is 0.0354. The second kappa shape index (κ2) is 21.9.